The van der Waals surface area contributed by atoms with Crippen LogP contribution in [-0.2, 0) is 14.4 Å². The van der Waals surface area contributed by atoms with Crippen molar-refractivity contribution in [3.8, 4) is 11.5 Å². The average molecular weight is 444 g/mol. The lowest BCUT2D eigenvalue weighted by atomic mass is 9.95. The number of carbonyl (C=O) groups excluding carboxylic acids is 3. The van der Waals surface area contributed by atoms with E-state index in [2.05, 4.69) is 10.6 Å². The van der Waals surface area contributed by atoms with Crippen molar-refractivity contribution >= 4 is 34.7 Å². The highest BCUT2D eigenvalue weighted by Crippen LogP contribution is 2.34. The Kier molecular flexibility index (Phi) is 6.41. The third-order valence-corrected chi connectivity index (χ3v) is 6.49. The lowest BCUT2D eigenvalue weighted by molar-refractivity contribution is -0.135. The lowest BCUT2D eigenvalue weighted by Crippen LogP contribution is -2.42. The molecule has 2 aliphatic rings. The minimum Gasteiger partial charge on any atom is -0.454 e. The Bertz CT molecular complexity index is 954. The topological polar surface area (TPSA) is 97.0 Å². The molecule has 1 aromatic carbocycles. The molecule has 1 saturated heterocycles. The van der Waals surface area contributed by atoms with Crippen molar-refractivity contribution in [3.05, 3.63) is 40.6 Å². The van der Waals surface area contributed by atoms with E-state index in [0.29, 0.717) is 43.1 Å². The van der Waals surface area contributed by atoms with Crippen LogP contribution in [0.3, 0.4) is 0 Å². The number of fused-ring (bicyclic) bond motifs is 1. The van der Waals surface area contributed by atoms with Gasteiger partial charge in [-0.3, -0.25) is 14.4 Å². The molecule has 0 spiro atoms. The van der Waals surface area contributed by atoms with Crippen molar-refractivity contribution in [2.45, 2.75) is 32.2 Å². The van der Waals surface area contributed by atoms with Crippen LogP contribution in [0.25, 0.3) is 0 Å². The zero-order valence-electron chi connectivity index (χ0n) is 17.3. The Morgan fingerprint density at radius 1 is 1.16 bits per heavy atom. The van der Waals surface area contributed by atoms with Crippen molar-refractivity contribution in [1.29, 1.82) is 0 Å². The van der Waals surface area contributed by atoms with Crippen molar-refractivity contribution < 1.29 is 23.9 Å². The molecule has 4 rings (SSSR count). The fourth-order valence-electron chi connectivity index (χ4n) is 3.87. The number of piperidine rings is 1. The van der Waals surface area contributed by atoms with Crippen LogP contribution in [0.5, 0.6) is 11.5 Å². The molecule has 0 saturated carbocycles. The summed E-state index contributed by atoms with van der Waals surface area (Å²) >= 11 is 1.52. The van der Waals surface area contributed by atoms with Gasteiger partial charge in [0.05, 0.1) is 12.5 Å². The summed E-state index contributed by atoms with van der Waals surface area (Å²) in [5.74, 6) is 0.910. The van der Waals surface area contributed by atoms with Crippen molar-refractivity contribution in [3.63, 3.8) is 0 Å². The molecule has 2 N–H and O–H groups in total. The highest BCUT2D eigenvalue weighted by molar-refractivity contribution is 7.10. The molecule has 164 valence electrons. The van der Waals surface area contributed by atoms with Gasteiger partial charge in [-0.15, -0.1) is 11.3 Å². The first-order valence-electron chi connectivity index (χ1n) is 10.3. The molecule has 3 amide bonds. The number of nitrogens with one attached hydrogen (secondary N) is 2. The van der Waals surface area contributed by atoms with Gasteiger partial charge in [-0.1, -0.05) is 6.07 Å². The minimum absolute atomic E-state index is 0.0122. The summed E-state index contributed by atoms with van der Waals surface area (Å²) in [7, 11) is 0. The highest BCUT2D eigenvalue weighted by Gasteiger charge is 2.29. The molecule has 2 aromatic rings. The number of thiophene rings is 1. The van der Waals surface area contributed by atoms with Crippen LogP contribution in [-0.4, -0.2) is 42.5 Å². The third kappa shape index (κ3) is 5.16. The number of hydrogen-bond acceptors (Lipinski definition) is 6. The number of anilines is 1. The van der Waals surface area contributed by atoms with Crippen LogP contribution in [0.4, 0.5) is 5.69 Å². The van der Waals surface area contributed by atoms with Gasteiger partial charge >= 0.3 is 0 Å². The maximum absolute atomic E-state index is 12.8. The van der Waals surface area contributed by atoms with E-state index in [4.69, 9.17) is 9.47 Å². The number of hydrogen-bond donors (Lipinski definition) is 2. The van der Waals surface area contributed by atoms with Gasteiger partial charge in [-0.2, -0.15) is 0 Å². The quantitative estimate of drug-likeness (QED) is 0.716. The van der Waals surface area contributed by atoms with E-state index in [-0.39, 0.29) is 42.9 Å². The Hall–Kier alpha value is -3.07. The molecular weight excluding hydrogens is 418 g/mol. The summed E-state index contributed by atoms with van der Waals surface area (Å²) < 4.78 is 10.6. The fourth-order valence-corrected chi connectivity index (χ4v) is 4.65. The standard InChI is InChI=1S/C22H25N3O5S/c1-14(26)23-17(20-3-2-10-31-20)12-21(27)25-8-6-15(7-9-25)22(28)24-16-4-5-18-19(11-16)30-13-29-18/h2-5,10-11,15,17H,6-9,12-13H2,1H3,(H,23,26)(H,24,28)/t17-/m1/s1. The molecule has 0 bridgehead atoms. The third-order valence-electron chi connectivity index (χ3n) is 5.50. The van der Waals surface area contributed by atoms with Crippen LogP contribution < -0.4 is 20.1 Å². The average Bonchev–Trinajstić information content (AvgIpc) is 3.44. The van der Waals surface area contributed by atoms with E-state index < -0.39 is 0 Å². The minimum atomic E-state index is -0.322. The van der Waals surface area contributed by atoms with E-state index in [1.165, 1.54) is 18.3 Å². The van der Waals surface area contributed by atoms with Crippen LogP contribution in [0.1, 0.15) is 37.1 Å². The Morgan fingerprint density at radius 2 is 1.94 bits per heavy atom. The molecule has 1 fully saturated rings. The molecule has 31 heavy (non-hydrogen) atoms. The molecule has 0 unspecified atom stereocenters. The van der Waals surface area contributed by atoms with E-state index in [0.717, 1.165) is 4.88 Å². The number of nitrogens with zero attached hydrogens (tertiary/aromatic N) is 1. The fraction of sp³-hybridized carbons (Fsp3) is 0.409. The molecule has 8 nitrogen and oxygen atoms in total. The first kappa shape index (κ1) is 21.2. The van der Waals surface area contributed by atoms with Gasteiger partial charge in [0.15, 0.2) is 11.5 Å². The second-order valence-corrected chi connectivity index (χ2v) is 8.66. The van der Waals surface area contributed by atoms with Gasteiger partial charge in [0.25, 0.3) is 0 Å². The molecule has 0 aliphatic carbocycles. The molecule has 1 aromatic heterocycles. The molecule has 0 radical (unpaired) electrons. The lowest BCUT2D eigenvalue weighted by Gasteiger charge is -2.32. The number of amides is 3. The number of ether oxygens (including phenoxy) is 2. The Morgan fingerprint density at radius 3 is 2.65 bits per heavy atom. The smallest absolute Gasteiger partial charge is 0.231 e. The molecule has 3 heterocycles. The van der Waals surface area contributed by atoms with Gasteiger partial charge < -0.3 is 25.0 Å². The first-order valence-corrected chi connectivity index (χ1v) is 11.2. The summed E-state index contributed by atoms with van der Waals surface area (Å²) in [6.07, 6.45) is 1.42. The second kappa shape index (κ2) is 9.38. The normalized spacial score (nSPS) is 16.6. The van der Waals surface area contributed by atoms with E-state index >= 15 is 0 Å². The van der Waals surface area contributed by atoms with Crippen LogP contribution >= 0.6 is 11.3 Å². The van der Waals surface area contributed by atoms with Crippen molar-refractivity contribution in [2.24, 2.45) is 5.92 Å². The molecule has 1 atom stereocenters. The van der Waals surface area contributed by atoms with E-state index in [1.54, 1.807) is 23.1 Å². The molecular formula is C22H25N3O5S. The predicted octanol–water partition coefficient (Wildman–Crippen LogP) is 2.92. The zero-order valence-corrected chi connectivity index (χ0v) is 18.1. The van der Waals surface area contributed by atoms with E-state index in [1.807, 2.05) is 17.5 Å². The molecule has 2 aliphatic heterocycles. The Balaban J connectivity index is 1.29. The molecule has 9 heteroatoms. The Labute approximate surface area is 184 Å². The summed E-state index contributed by atoms with van der Waals surface area (Å²) in [6, 6.07) is 8.83. The van der Waals surface area contributed by atoms with Crippen LogP contribution in [0.15, 0.2) is 35.7 Å². The van der Waals surface area contributed by atoms with Gasteiger partial charge in [-0.05, 0) is 36.4 Å². The summed E-state index contributed by atoms with van der Waals surface area (Å²) in [5, 5.41) is 7.73. The van der Waals surface area contributed by atoms with Gasteiger partial charge in [-0.25, -0.2) is 0 Å². The number of likely N-dealkylation sites (tertiary alicyclic amines) is 1. The van der Waals surface area contributed by atoms with Crippen LogP contribution in [0, 0.1) is 5.92 Å². The van der Waals surface area contributed by atoms with Crippen LogP contribution in [0.2, 0.25) is 0 Å². The highest BCUT2D eigenvalue weighted by atomic mass is 32.1. The van der Waals surface area contributed by atoms with Gasteiger partial charge in [0, 0.05) is 42.6 Å². The summed E-state index contributed by atoms with van der Waals surface area (Å²) in [5.41, 5.74) is 0.668. The zero-order chi connectivity index (χ0) is 21.8. The number of benzene rings is 1. The largest absolute Gasteiger partial charge is 0.454 e. The van der Waals surface area contributed by atoms with Crippen molar-refractivity contribution in [1.82, 2.24) is 10.2 Å². The monoisotopic (exact) mass is 443 g/mol. The summed E-state index contributed by atoms with van der Waals surface area (Å²) in [4.78, 5) is 39.8. The van der Waals surface area contributed by atoms with Gasteiger partial charge in [0.1, 0.15) is 0 Å². The second-order valence-electron chi connectivity index (χ2n) is 7.69. The van der Waals surface area contributed by atoms with Crippen molar-refractivity contribution in [2.75, 3.05) is 25.2 Å². The number of carbonyl (C=O) groups is 3. The number of rotatable bonds is 6. The SMILES string of the molecule is CC(=O)N[C@H](CC(=O)N1CCC(C(=O)Nc2ccc3c(c2)OCO3)CC1)c1cccs1. The summed E-state index contributed by atoms with van der Waals surface area (Å²) in [6.45, 7) is 2.69. The maximum atomic E-state index is 12.8. The maximum Gasteiger partial charge on any atom is 0.231 e. The predicted molar refractivity (Wildman–Crippen MR) is 116 cm³/mol. The van der Waals surface area contributed by atoms with E-state index in [9.17, 15) is 14.4 Å². The van der Waals surface area contributed by atoms with Gasteiger partial charge in [0.2, 0.25) is 24.5 Å². The first-order chi connectivity index (χ1) is 15.0.